The van der Waals surface area contributed by atoms with Crippen molar-refractivity contribution in [3.63, 3.8) is 0 Å². The van der Waals surface area contributed by atoms with E-state index >= 15 is 0 Å². The van der Waals surface area contributed by atoms with Gasteiger partial charge in [0, 0.05) is 85.5 Å². The van der Waals surface area contributed by atoms with Crippen molar-refractivity contribution < 1.29 is 18.7 Å². The number of nitrogens with zero attached hydrogens (tertiary/aromatic N) is 2. The van der Waals surface area contributed by atoms with E-state index in [-0.39, 0.29) is 5.75 Å². The third-order valence-corrected chi connectivity index (χ3v) is 12.2. The fourth-order valence-corrected chi connectivity index (χ4v) is 9.02. The Morgan fingerprint density at radius 1 is 0.562 bits per heavy atom. The fraction of sp³-hybridized carbons (Fsp3) is 0.0345. The van der Waals surface area contributed by atoms with Gasteiger partial charge in [-0.05, 0) is 109 Å². The molecule has 0 saturated carbocycles. The number of hydrogen-bond acceptors (Lipinski definition) is 6. The average molecular weight is 831 g/mol. The summed E-state index contributed by atoms with van der Waals surface area (Å²) in [6.07, 6.45) is 4.12. The molecule has 3 heterocycles. The van der Waals surface area contributed by atoms with Crippen molar-refractivity contribution in [1.29, 1.82) is 0 Å². The van der Waals surface area contributed by atoms with E-state index in [1.54, 1.807) is 6.07 Å². The summed E-state index contributed by atoms with van der Waals surface area (Å²) in [6.45, 7) is 11.5. The average Bonchev–Trinajstić information content (AvgIpc) is 3.87. The smallest absolute Gasteiger partial charge is 0.137 e. The SMILES string of the molecule is C=C(c1ccc(N(CC=Cc2oc3ccccc3c2C)c2ccc3oc4ccccc4c3c2)cc1O)c1cccc2c1C(=C)Oc1cc(N(c3ccccc3)c3ccccc3)ccc1-2. The highest BCUT2D eigenvalue weighted by molar-refractivity contribution is 6.06. The lowest BCUT2D eigenvalue weighted by atomic mass is 9.87. The summed E-state index contributed by atoms with van der Waals surface area (Å²) in [6, 6.07) is 61.2. The molecule has 0 aliphatic carbocycles. The first-order valence-corrected chi connectivity index (χ1v) is 21.3. The molecule has 0 spiro atoms. The number of hydrogen-bond donors (Lipinski definition) is 1. The van der Waals surface area contributed by atoms with Crippen LogP contribution in [0.15, 0.2) is 210 Å². The van der Waals surface area contributed by atoms with Crippen molar-refractivity contribution in [2.24, 2.45) is 0 Å². The maximum atomic E-state index is 11.9. The van der Waals surface area contributed by atoms with Crippen molar-refractivity contribution >= 4 is 78.8 Å². The normalized spacial score (nSPS) is 12.1. The van der Waals surface area contributed by atoms with Gasteiger partial charge in [-0.15, -0.1) is 0 Å². The molecular formula is C58H42N2O4. The summed E-state index contributed by atoms with van der Waals surface area (Å²) in [5.74, 6) is 2.14. The van der Waals surface area contributed by atoms with Crippen molar-refractivity contribution in [1.82, 2.24) is 0 Å². The van der Waals surface area contributed by atoms with Gasteiger partial charge in [-0.1, -0.05) is 110 Å². The van der Waals surface area contributed by atoms with E-state index in [0.717, 1.165) is 94.9 Å². The summed E-state index contributed by atoms with van der Waals surface area (Å²) in [4.78, 5) is 4.38. The molecule has 1 aliphatic heterocycles. The summed E-state index contributed by atoms with van der Waals surface area (Å²) >= 11 is 0. The molecule has 1 N–H and O–H groups in total. The molecule has 0 fully saturated rings. The van der Waals surface area contributed by atoms with Crippen LogP contribution < -0.4 is 14.5 Å². The van der Waals surface area contributed by atoms with E-state index in [9.17, 15) is 5.11 Å². The van der Waals surface area contributed by atoms with Gasteiger partial charge in [0.05, 0.1) is 0 Å². The van der Waals surface area contributed by atoms with E-state index in [1.807, 2.05) is 109 Å². The first kappa shape index (κ1) is 38.4. The lowest BCUT2D eigenvalue weighted by Gasteiger charge is -2.29. The van der Waals surface area contributed by atoms with Crippen LogP contribution in [-0.4, -0.2) is 11.7 Å². The molecule has 6 nitrogen and oxygen atoms in total. The monoisotopic (exact) mass is 830 g/mol. The van der Waals surface area contributed by atoms with E-state index < -0.39 is 0 Å². The maximum absolute atomic E-state index is 11.9. The third kappa shape index (κ3) is 6.69. The molecule has 2 aromatic heterocycles. The highest BCUT2D eigenvalue weighted by Crippen LogP contribution is 2.48. The topological polar surface area (TPSA) is 62.2 Å². The number of phenolic OH excluding ortho intramolecular Hbond substituents is 1. The quantitative estimate of drug-likeness (QED) is 0.148. The summed E-state index contributed by atoms with van der Waals surface area (Å²) in [5.41, 5.74) is 13.3. The number of fused-ring (bicyclic) bond motifs is 7. The van der Waals surface area contributed by atoms with Gasteiger partial charge >= 0.3 is 0 Å². The van der Waals surface area contributed by atoms with Crippen molar-refractivity contribution in [2.75, 3.05) is 16.3 Å². The molecule has 0 saturated heterocycles. The Morgan fingerprint density at radius 3 is 1.94 bits per heavy atom. The highest BCUT2D eigenvalue weighted by atomic mass is 16.5. The molecular weight excluding hydrogens is 789 g/mol. The zero-order valence-corrected chi connectivity index (χ0v) is 35.2. The van der Waals surface area contributed by atoms with Crippen molar-refractivity contribution in [3.8, 4) is 22.6 Å². The Hall–Kier alpha value is -8.48. The van der Waals surface area contributed by atoms with Gasteiger partial charge in [-0.2, -0.15) is 0 Å². The number of phenols is 1. The Bertz CT molecular complexity index is 3430. The van der Waals surface area contributed by atoms with Crippen molar-refractivity contribution in [2.45, 2.75) is 6.92 Å². The molecule has 8 aromatic carbocycles. The Labute approximate surface area is 371 Å². The van der Waals surface area contributed by atoms with Gasteiger partial charge in [0.1, 0.15) is 39.8 Å². The largest absolute Gasteiger partial charge is 0.507 e. The zero-order valence-electron chi connectivity index (χ0n) is 35.2. The maximum Gasteiger partial charge on any atom is 0.137 e. The molecule has 1 aliphatic rings. The minimum absolute atomic E-state index is 0.103. The molecule has 64 heavy (non-hydrogen) atoms. The summed E-state index contributed by atoms with van der Waals surface area (Å²) < 4.78 is 19.0. The highest BCUT2D eigenvalue weighted by Gasteiger charge is 2.27. The molecule has 0 bridgehead atoms. The lowest BCUT2D eigenvalue weighted by Crippen LogP contribution is -2.17. The predicted molar refractivity (Wildman–Crippen MR) is 263 cm³/mol. The van der Waals surface area contributed by atoms with Crippen LogP contribution in [0.4, 0.5) is 28.4 Å². The molecule has 0 unspecified atom stereocenters. The van der Waals surface area contributed by atoms with Crippen LogP contribution in [0, 0.1) is 6.92 Å². The first-order chi connectivity index (χ1) is 31.4. The molecule has 6 heteroatoms. The molecule has 0 atom stereocenters. The fourth-order valence-electron chi connectivity index (χ4n) is 9.02. The second-order valence-corrected chi connectivity index (χ2v) is 16.0. The third-order valence-electron chi connectivity index (χ3n) is 12.2. The minimum Gasteiger partial charge on any atom is -0.507 e. The van der Waals surface area contributed by atoms with Gasteiger partial charge in [-0.3, -0.25) is 0 Å². The van der Waals surface area contributed by atoms with Crippen LogP contribution in [0.1, 0.15) is 28.0 Å². The number of aromatic hydroxyl groups is 1. The summed E-state index contributed by atoms with van der Waals surface area (Å²) in [5, 5.41) is 15.1. The lowest BCUT2D eigenvalue weighted by molar-refractivity contribution is 0.473. The number of anilines is 5. The van der Waals surface area contributed by atoms with Gasteiger partial charge in [0.25, 0.3) is 0 Å². The molecule has 10 aromatic rings. The van der Waals surface area contributed by atoms with Crippen LogP contribution in [0.25, 0.3) is 61.4 Å². The van der Waals surface area contributed by atoms with E-state index in [2.05, 4.69) is 109 Å². The van der Waals surface area contributed by atoms with Gasteiger partial charge in [-0.25, -0.2) is 0 Å². The van der Waals surface area contributed by atoms with Gasteiger partial charge in [0.15, 0.2) is 0 Å². The molecule has 0 radical (unpaired) electrons. The summed E-state index contributed by atoms with van der Waals surface area (Å²) in [7, 11) is 0. The Morgan fingerprint density at radius 2 is 1.20 bits per heavy atom. The van der Waals surface area contributed by atoms with Crippen LogP contribution in [0.5, 0.6) is 11.5 Å². The number of para-hydroxylation sites is 4. The predicted octanol–water partition coefficient (Wildman–Crippen LogP) is 15.8. The number of aryl methyl sites for hydroxylation is 1. The number of furan rings is 2. The van der Waals surface area contributed by atoms with E-state index in [0.29, 0.717) is 29.2 Å². The minimum atomic E-state index is 0.103. The molecule has 308 valence electrons. The van der Waals surface area contributed by atoms with Crippen molar-refractivity contribution in [3.05, 3.63) is 229 Å². The number of ether oxygens (including phenoxy) is 1. The first-order valence-electron chi connectivity index (χ1n) is 21.3. The molecule has 11 rings (SSSR count). The van der Waals surface area contributed by atoms with Crippen LogP contribution in [-0.2, 0) is 0 Å². The van der Waals surface area contributed by atoms with Crippen LogP contribution in [0.3, 0.4) is 0 Å². The number of benzene rings is 8. The second-order valence-electron chi connectivity index (χ2n) is 16.0. The molecule has 0 amide bonds. The van der Waals surface area contributed by atoms with E-state index in [1.165, 1.54) is 0 Å². The Balaban J connectivity index is 0.937. The second kappa shape index (κ2) is 15.8. The number of rotatable bonds is 10. The van der Waals surface area contributed by atoms with Gasteiger partial charge < -0.3 is 28.5 Å². The zero-order chi connectivity index (χ0) is 43.3. The van der Waals surface area contributed by atoms with Gasteiger partial charge in [0.2, 0.25) is 0 Å². The van der Waals surface area contributed by atoms with E-state index in [4.69, 9.17) is 13.6 Å². The standard InChI is InChI=1S/C58H42N2O4/c1-37(47-22-14-23-50-49-31-28-44(36-57(49)62-39(3)58(47)50)60(40-16-6-4-7-17-40)41-18-8-5-9-19-41)45-30-27-43(35-52(45)61)59(33-15-26-53-38(2)46-20-10-12-24-54(46)63-53)42-29-32-56-51(34-42)48-21-11-13-25-55(48)64-56/h4-32,34-36,61H,1,3,33H2,2H3. The van der Waals surface area contributed by atoms with Crippen LogP contribution >= 0.6 is 0 Å². The van der Waals surface area contributed by atoms with Crippen LogP contribution in [0.2, 0.25) is 0 Å². The Kier molecular flexibility index (Phi) is 9.47.